The fourth-order valence-corrected chi connectivity index (χ4v) is 3.17. The highest BCUT2D eigenvalue weighted by Crippen LogP contribution is 2.20. The zero-order chi connectivity index (χ0) is 23.8. The van der Waals surface area contributed by atoms with Crippen LogP contribution < -0.4 is 24.8 Å². The normalized spacial score (nSPS) is 10.6. The van der Waals surface area contributed by atoms with Gasteiger partial charge < -0.3 is 24.8 Å². The molecule has 33 heavy (non-hydrogen) atoms. The summed E-state index contributed by atoms with van der Waals surface area (Å²) in [6.07, 6.45) is -0.748. The summed E-state index contributed by atoms with van der Waals surface area (Å²) in [5.74, 6) is 1.12. The van der Waals surface area contributed by atoms with Crippen molar-refractivity contribution < 1.29 is 23.8 Å². The van der Waals surface area contributed by atoms with E-state index in [1.807, 2.05) is 13.8 Å². The lowest BCUT2D eigenvalue weighted by Gasteiger charge is -2.22. The van der Waals surface area contributed by atoms with E-state index in [4.69, 9.17) is 14.2 Å². The van der Waals surface area contributed by atoms with Gasteiger partial charge in [-0.25, -0.2) is 0 Å². The molecule has 0 fully saturated rings. The summed E-state index contributed by atoms with van der Waals surface area (Å²) >= 11 is 0. The molecular formula is C26H28N2O5. The molecule has 3 aromatic rings. The number of carbonyl (C=O) groups is 2. The van der Waals surface area contributed by atoms with E-state index in [9.17, 15) is 9.59 Å². The molecule has 7 heteroatoms. The molecule has 0 heterocycles. The third-order valence-electron chi connectivity index (χ3n) is 4.80. The van der Waals surface area contributed by atoms with Crippen LogP contribution in [0.2, 0.25) is 0 Å². The Balaban J connectivity index is 1.86. The molecule has 0 aliphatic rings. The molecule has 2 N–H and O–H groups in total. The largest absolute Gasteiger partial charge is 0.497 e. The Morgan fingerprint density at radius 2 is 1.18 bits per heavy atom. The van der Waals surface area contributed by atoms with Crippen LogP contribution in [0.25, 0.3) is 0 Å². The molecule has 172 valence electrons. The Morgan fingerprint density at radius 3 is 1.61 bits per heavy atom. The Bertz CT molecular complexity index is 1030. The number of rotatable bonds is 9. The van der Waals surface area contributed by atoms with Crippen LogP contribution in [0.3, 0.4) is 0 Å². The van der Waals surface area contributed by atoms with Crippen LogP contribution in [0, 0.1) is 0 Å². The SMILES string of the molecule is COc1cccc(C(=O)NC(NC(=O)c2cccc(OC)c2)c2ccc(OC(C)C)cc2)c1. The van der Waals surface area contributed by atoms with Crippen LogP contribution in [-0.4, -0.2) is 32.1 Å². The van der Waals surface area contributed by atoms with Gasteiger partial charge in [-0.05, 0) is 67.9 Å². The number of carbonyl (C=O) groups excluding carboxylic acids is 2. The van der Waals surface area contributed by atoms with E-state index in [1.165, 1.54) is 14.2 Å². The highest BCUT2D eigenvalue weighted by molar-refractivity contribution is 5.97. The van der Waals surface area contributed by atoms with Crippen molar-refractivity contribution in [2.24, 2.45) is 0 Å². The van der Waals surface area contributed by atoms with Gasteiger partial charge in [-0.3, -0.25) is 9.59 Å². The first kappa shape index (κ1) is 23.7. The molecule has 0 spiro atoms. The van der Waals surface area contributed by atoms with Crippen LogP contribution in [0.4, 0.5) is 0 Å². The van der Waals surface area contributed by atoms with E-state index in [-0.39, 0.29) is 17.9 Å². The molecule has 0 unspecified atom stereocenters. The van der Waals surface area contributed by atoms with Gasteiger partial charge in [-0.1, -0.05) is 24.3 Å². The molecular weight excluding hydrogens is 420 g/mol. The minimum atomic E-state index is -0.782. The predicted octanol–water partition coefficient (Wildman–Crippen LogP) is 4.35. The van der Waals surface area contributed by atoms with Crippen molar-refractivity contribution in [3.63, 3.8) is 0 Å². The van der Waals surface area contributed by atoms with E-state index >= 15 is 0 Å². The van der Waals surface area contributed by atoms with Crippen LogP contribution in [0.1, 0.15) is 46.3 Å². The second-order valence-corrected chi connectivity index (χ2v) is 7.58. The predicted molar refractivity (Wildman–Crippen MR) is 126 cm³/mol. The van der Waals surface area contributed by atoms with E-state index in [1.54, 1.807) is 72.8 Å². The summed E-state index contributed by atoms with van der Waals surface area (Å²) in [6.45, 7) is 3.89. The first-order valence-corrected chi connectivity index (χ1v) is 10.6. The first-order chi connectivity index (χ1) is 15.9. The molecule has 2 amide bonds. The van der Waals surface area contributed by atoms with Gasteiger partial charge >= 0.3 is 0 Å². The second kappa shape index (κ2) is 11.0. The fourth-order valence-electron chi connectivity index (χ4n) is 3.17. The Labute approximate surface area is 193 Å². The van der Waals surface area contributed by atoms with Crippen LogP contribution in [-0.2, 0) is 0 Å². The topological polar surface area (TPSA) is 85.9 Å². The minimum Gasteiger partial charge on any atom is -0.497 e. The molecule has 0 aliphatic heterocycles. The molecule has 0 atom stereocenters. The number of amides is 2. The number of methoxy groups -OCH3 is 2. The fraction of sp³-hybridized carbons (Fsp3) is 0.231. The summed E-state index contributed by atoms with van der Waals surface area (Å²) < 4.78 is 16.1. The van der Waals surface area contributed by atoms with Crippen molar-refractivity contribution in [1.29, 1.82) is 0 Å². The standard InChI is InChI=1S/C26H28N2O5/c1-17(2)33-21-13-11-18(12-14-21)24(27-25(29)19-7-5-9-22(15-19)31-3)28-26(30)20-8-6-10-23(16-20)32-4/h5-17,24H,1-4H3,(H,27,29)(H,28,30). The molecule has 0 aromatic heterocycles. The van der Waals surface area contributed by atoms with Crippen molar-refractivity contribution in [1.82, 2.24) is 10.6 Å². The number of hydrogen-bond acceptors (Lipinski definition) is 5. The van der Waals surface area contributed by atoms with E-state index in [0.717, 1.165) is 0 Å². The molecule has 3 aromatic carbocycles. The summed E-state index contributed by atoms with van der Waals surface area (Å²) in [5, 5.41) is 5.78. The lowest BCUT2D eigenvalue weighted by molar-refractivity contribution is 0.0883. The van der Waals surface area contributed by atoms with Crippen LogP contribution >= 0.6 is 0 Å². The minimum absolute atomic E-state index is 0.0344. The average Bonchev–Trinajstić information content (AvgIpc) is 2.83. The second-order valence-electron chi connectivity index (χ2n) is 7.58. The Hall–Kier alpha value is -4.00. The third kappa shape index (κ3) is 6.49. The monoisotopic (exact) mass is 448 g/mol. The summed E-state index contributed by atoms with van der Waals surface area (Å²) in [7, 11) is 3.07. The molecule has 0 bridgehead atoms. The van der Waals surface area contributed by atoms with Gasteiger partial charge in [0.1, 0.15) is 23.4 Å². The lowest BCUT2D eigenvalue weighted by atomic mass is 10.1. The molecule has 0 radical (unpaired) electrons. The van der Waals surface area contributed by atoms with E-state index in [0.29, 0.717) is 33.9 Å². The molecule has 0 aliphatic carbocycles. The van der Waals surface area contributed by atoms with Gasteiger partial charge in [-0.2, -0.15) is 0 Å². The zero-order valence-corrected chi connectivity index (χ0v) is 19.1. The van der Waals surface area contributed by atoms with Crippen molar-refractivity contribution in [3.8, 4) is 17.2 Å². The average molecular weight is 449 g/mol. The molecule has 0 saturated heterocycles. The number of nitrogens with one attached hydrogen (secondary N) is 2. The maximum atomic E-state index is 13.0. The summed E-state index contributed by atoms with van der Waals surface area (Å²) in [6, 6.07) is 20.8. The summed E-state index contributed by atoms with van der Waals surface area (Å²) in [5.41, 5.74) is 1.52. The smallest absolute Gasteiger partial charge is 0.253 e. The first-order valence-electron chi connectivity index (χ1n) is 10.6. The van der Waals surface area contributed by atoms with E-state index in [2.05, 4.69) is 10.6 Å². The number of ether oxygens (including phenoxy) is 3. The van der Waals surface area contributed by atoms with Gasteiger partial charge in [0.2, 0.25) is 0 Å². The third-order valence-corrected chi connectivity index (χ3v) is 4.80. The summed E-state index contributed by atoms with van der Waals surface area (Å²) in [4.78, 5) is 25.9. The molecule has 3 rings (SSSR count). The van der Waals surface area contributed by atoms with Gasteiger partial charge in [0.15, 0.2) is 0 Å². The van der Waals surface area contributed by atoms with Gasteiger partial charge in [-0.15, -0.1) is 0 Å². The van der Waals surface area contributed by atoms with Crippen molar-refractivity contribution in [3.05, 3.63) is 89.5 Å². The van der Waals surface area contributed by atoms with Crippen molar-refractivity contribution >= 4 is 11.8 Å². The van der Waals surface area contributed by atoms with Crippen molar-refractivity contribution in [2.45, 2.75) is 26.1 Å². The van der Waals surface area contributed by atoms with Crippen molar-refractivity contribution in [2.75, 3.05) is 14.2 Å². The van der Waals surface area contributed by atoms with Crippen LogP contribution in [0.15, 0.2) is 72.8 Å². The highest BCUT2D eigenvalue weighted by Gasteiger charge is 2.20. The van der Waals surface area contributed by atoms with Crippen LogP contribution in [0.5, 0.6) is 17.2 Å². The number of hydrogen-bond donors (Lipinski definition) is 2. The maximum Gasteiger partial charge on any atom is 0.253 e. The Kier molecular flexibility index (Phi) is 7.91. The highest BCUT2D eigenvalue weighted by atomic mass is 16.5. The Morgan fingerprint density at radius 1 is 0.697 bits per heavy atom. The quantitative estimate of drug-likeness (QED) is 0.476. The molecule has 7 nitrogen and oxygen atoms in total. The van der Waals surface area contributed by atoms with Gasteiger partial charge in [0.05, 0.1) is 20.3 Å². The zero-order valence-electron chi connectivity index (χ0n) is 19.1. The lowest BCUT2D eigenvalue weighted by Crippen LogP contribution is -2.41. The number of benzene rings is 3. The van der Waals surface area contributed by atoms with Gasteiger partial charge in [0.25, 0.3) is 11.8 Å². The van der Waals surface area contributed by atoms with E-state index < -0.39 is 6.17 Å². The maximum absolute atomic E-state index is 13.0. The molecule has 0 saturated carbocycles. The van der Waals surface area contributed by atoms with Gasteiger partial charge in [0, 0.05) is 11.1 Å².